The lowest BCUT2D eigenvalue weighted by atomic mass is 10.1. The second-order valence-corrected chi connectivity index (χ2v) is 7.50. The maximum atomic E-state index is 13.1. The minimum atomic E-state index is -0.153. The summed E-state index contributed by atoms with van der Waals surface area (Å²) in [6, 6.07) is 19.9. The average molecular weight is 405 g/mol. The van der Waals surface area contributed by atoms with Gasteiger partial charge in [0.2, 0.25) is 0 Å². The van der Waals surface area contributed by atoms with Crippen molar-refractivity contribution in [3.8, 4) is 0 Å². The SMILES string of the molecule is CCC(CN(C(=O)c1ccco1)c1ccccn1)N1CCN(c2ccccc2)CC1. The number of para-hydroxylation sites is 1. The summed E-state index contributed by atoms with van der Waals surface area (Å²) in [5.41, 5.74) is 1.27. The van der Waals surface area contributed by atoms with Gasteiger partial charge in [0.05, 0.1) is 6.26 Å². The quantitative estimate of drug-likeness (QED) is 0.597. The Hall–Kier alpha value is -3.12. The van der Waals surface area contributed by atoms with Crippen LogP contribution >= 0.6 is 0 Å². The van der Waals surface area contributed by atoms with Gasteiger partial charge in [0.15, 0.2) is 5.76 Å². The molecular formula is C24H28N4O2. The van der Waals surface area contributed by atoms with Crippen molar-refractivity contribution in [3.63, 3.8) is 0 Å². The summed E-state index contributed by atoms with van der Waals surface area (Å²) in [5, 5.41) is 0. The third kappa shape index (κ3) is 4.54. The lowest BCUT2D eigenvalue weighted by molar-refractivity contribution is 0.0943. The molecule has 1 saturated heterocycles. The van der Waals surface area contributed by atoms with Crippen LogP contribution in [0.2, 0.25) is 0 Å². The van der Waals surface area contributed by atoms with Crippen LogP contribution in [0, 0.1) is 0 Å². The molecular weight excluding hydrogens is 376 g/mol. The number of piperazine rings is 1. The molecule has 1 amide bonds. The van der Waals surface area contributed by atoms with Gasteiger partial charge in [-0.15, -0.1) is 0 Å². The fraction of sp³-hybridized carbons (Fsp3) is 0.333. The molecule has 156 valence electrons. The van der Waals surface area contributed by atoms with Gasteiger partial charge in [-0.05, 0) is 42.8 Å². The predicted molar refractivity (Wildman–Crippen MR) is 119 cm³/mol. The van der Waals surface area contributed by atoms with Crippen LogP contribution in [-0.4, -0.2) is 54.6 Å². The van der Waals surface area contributed by atoms with E-state index < -0.39 is 0 Å². The van der Waals surface area contributed by atoms with Crippen LogP contribution in [0.15, 0.2) is 77.5 Å². The Kier molecular flexibility index (Phi) is 6.44. The molecule has 1 aliphatic rings. The monoisotopic (exact) mass is 404 g/mol. The Bertz CT molecular complexity index is 907. The number of pyridine rings is 1. The number of carbonyl (C=O) groups is 1. The molecule has 4 rings (SSSR count). The molecule has 0 bridgehead atoms. The highest BCUT2D eigenvalue weighted by Gasteiger charge is 2.29. The molecule has 0 radical (unpaired) electrons. The maximum Gasteiger partial charge on any atom is 0.295 e. The standard InChI is InChI=1S/C24H28N4O2/c1-2-20(26-14-16-27(17-15-26)21-9-4-3-5-10-21)19-28(23-12-6-7-13-25-23)24(29)22-11-8-18-30-22/h3-13,18,20H,2,14-17,19H2,1H3. The summed E-state index contributed by atoms with van der Waals surface area (Å²) in [5.74, 6) is 0.838. The lowest BCUT2D eigenvalue weighted by Crippen LogP contribution is -2.54. The number of carbonyl (C=O) groups excluding carboxylic acids is 1. The van der Waals surface area contributed by atoms with E-state index >= 15 is 0 Å². The van der Waals surface area contributed by atoms with E-state index in [9.17, 15) is 4.79 Å². The zero-order chi connectivity index (χ0) is 20.8. The molecule has 0 aliphatic carbocycles. The first-order valence-electron chi connectivity index (χ1n) is 10.6. The number of hydrogen-bond donors (Lipinski definition) is 0. The summed E-state index contributed by atoms with van der Waals surface area (Å²) in [6.45, 7) is 6.67. The first kappa shape index (κ1) is 20.2. The zero-order valence-corrected chi connectivity index (χ0v) is 17.4. The molecule has 3 aromatic rings. The largest absolute Gasteiger partial charge is 0.459 e. The van der Waals surface area contributed by atoms with Gasteiger partial charge in [0, 0.05) is 50.6 Å². The Morgan fingerprint density at radius 2 is 1.80 bits per heavy atom. The van der Waals surface area contributed by atoms with Crippen LogP contribution in [0.5, 0.6) is 0 Å². The molecule has 30 heavy (non-hydrogen) atoms. The highest BCUT2D eigenvalue weighted by Crippen LogP contribution is 2.21. The number of nitrogens with zero attached hydrogens (tertiary/aromatic N) is 4. The molecule has 6 nitrogen and oxygen atoms in total. The number of amides is 1. The van der Waals surface area contributed by atoms with Crippen molar-refractivity contribution in [1.29, 1.82) is 0 Å². The normalized spacial score (nSPS) is 15.7. The predicted octanol–water partition coefficient (Wildman–Crippen LogP) is 3.92. The van der Waals surface area contributed by atoms with Gasteiger partial charge in [-0.2, -0.15) is 0 Å². The molecule has 1 atom stereocenters. The first-order valence-corrected chi connectivity index (χ1v) is 10.6. The molecule has 1 aliphatic heterocycles. The van der Waals surface area contributed by atoms with Crippen molar-refractivity contribution < 1.29 is 9.21 Å². The van der Waals surface area contributed by atoms with Gasteiger partial charge in [-0.3, -0.25) is 14.6 Å². The number of rotatable bonds is 7. The summed E-state index contributed by atoms with van der Waals surface area (Å²) in [4.78, 5) is 24.2. The Morgan fingerprint density at radius 1 is 1.03 bits per heavy atom. The maximum absolute atomic E-state index is 13.1. The molecule has 0 saturated carbocycles. The van der Waals surface area contributed by atoms with Gasteiger partial charge in [-0.25, -0.2) is 4.98 Å². The number of aromatic nitrogens is 1. The second kappa shape index (κ2) is 9.59. The third-order valence-electron chi connectivity index (χ3n) is 5.72. The van der Waals surface area contributed by atoms with Crippen LogP contribution in [0.25, 0.3) is 0 Å². The van der Waals surface area contributed by atoms with E-state index in [4.69, 9.17) is 4.42 Å². The number of benzene rings is 1. The molecule has 1 aromatic carbocycles. The minimum absolute atomic E-state index is 0.153. The highest BCUT2D eigenvalue weighted by molar-refractivity contribution is 6.03. The van der Waals surface area contributed by atoms with E-state index in [0.29, 0.717) is 18.1 Å². The lowest BCUT2D eigenvalue weighted by Gasteiger charge is -2.41. The van der Waals surface area contributed by atoms with Gasteiger partial charge < -0.3 is 9.32 Å². The van der Waals surface area contributed by atoms with Gasteiger partial charge in [0.25, 0.3) is 5.91 Å². The van der Waals surface area contributed by atoms with Crippen molar-refractivity contribution in [1.82, 2.24) is 9.88 Å². The summed E-state index contributed by atoms with van der Waals surface area (Å²) in [7, 11) is 0. The number of hydrogen-bond acceptors (Lipinski definition) is 5. The fourth-order valence-electron chi connectivity index (χ4n) is 4.02. The summed E-state index contributed by atoms with van der Waals surface area (Å²) in [6.07, 6.45) is 4.21. The topological polar surface area (TPSA) is 52.8 Å². The smallest absolute Gasteiger partial charge is 0.295 e. The van der Waals surface area contributed by atoms with Gasteiger partial charge in [-0.1, -0.05) is 31.2 Å². The van der Waals surface area contributed by atoms with E-state index in [0.717, 1.165) is 32.6 Å². The first-order chi connectivity index (χ1) is 14.8. The van der Waals surface area contributed by atoms with E-state index in [1.54, 1.807) is 23.2 Å². The Labute approximate surface area is 177 Å². The van der Waals surface area contributed by atoms with E-state index in [-0.39, 0.29) is 11.9 Å². The van der Waals surface area contributed by atoms with Crippen LogP contribution in [0.4, 0.5) is 11.5 Å². The molecule has 3 heterocycles. The van der Waals surface area contributed by atoms with Crippen molar-refractivity contribution in [2.45, 2.75) is 19.4 Å². The third-order valence-corrected chi connectivity index (χ3v) is 5.72. The minimum Gasteiger partial charge on any atom is -0.459 e. The summed E-state index contributed by atoms with van der Waals surface area (Å²) < 4.78 is 5.38. The zero-order valence-electron chi connectivity index (χ0n) is 17.4. The molecule has 1 unspecified atom stereocenters. The highest BCUT2D eigenvalue weighted by atomic mass is 16.3. The van der Waals surface area contributed by atoms with Crippen LogP contribution in [0.3, 0.4) is 0 Å². The molecule has 0 spiro atoms. The second-order valence-electron chi connectivity index (χ2n) is 7.50. The van der Waals surface area contributed by atoms with Crippen molar-refractivity contribution in [3.05, 3.63) is 78.9 Å². The van der Waals surface area contributed by atoms with Crippen LogP contribution < -0.4 is 9.80 Å². The van der Waals surface area contributed by atoms with Gasteiger partial charge >= 0.3 is 0 Å². The van der Waals surface area contributed by atoms with E-state index in [1.807, 2.05) is 18.2 Å². The van der Waals surface area contributed by atoms with Gasteiger partial charge in [0.1, 0.15) is 5.82 Å². The number of anilines is 2. The molecule has 6 heteroatoms. The average Bonchev–Trinajstić information content (AvgIpc) is 3.36. The molecule has 0 N–H and O–H groups in total. The Balaban J connectivity index is 1.47. The van der Waals surface area contributed by atoms with Crippen molar-refractivity contribution in [2.75, 3.05) is 42.5 Å². The van der Waals surface area contributed by atoms with Crippen molar-refractivity contribution in [2.24, 2.45) is 0 Å². The molecule has 1 fully saturated rings. The van der Waals surface area contributed by atoms with Crippen LogP contribution in [-0.2, 0) is 0 Å². The van der Waals surface area contributed by atoms with E-state index in [1.165, 1.54) is 12.0 Å². The Morgan fingerprint density at radius 3 is 2.43 bits per heavy atom. The fourth-order valence-corrected chi connectivity index (χ4v) is 4.02. The van der Waals surface area contributed by atoms with E-state index in [2.05, 4.69) is 52.0 Å². The van der Waals surface area contributed by atoms with Crippen molar-refractivity contribution >= 4 is 17.4 Å². The number of furan rings is 1. The molecule has 2 aromatic heterocycles. The van der Waals surface area contributed by atoms with Crippen LogP contribution in [0.1, 0.15) is 23.9 Å². The summed E-state index contributed by atoms with van der Waals surface area (Å²) >= 11 is 0.